The number of benzene rings is 1. The first-order valence-corrected chi connectivity index (χ1v) is 5.86. The summed E-state index contributed by atoms with van der Waals surface area (Å²) in [6, 6.07) is 7.71. The van der Waals surface area contributed by atoms with E-state index in [0.717, 1.165) is 12.1 Å². The van der Waals surface area contributed by atoms with E-state index in [-0.39, 0.29) is 11.2 Å². The van der Waals surface area contributed by atoms with Crippen molar-refractivity contribution in [1.82, 2.24) is 5.32 Å². The SMILES string of the molecule is Fc1ccccc1C1(CNC2CC2)COC1. The monoisotopic (exact) mass is 221 g/mol. The molecule has 3 rings (SSSR count). The number of halogens is 1. The molecular weight excluding hydrogens is 205 g/mol. The predicted octanol–water partition coefficient (Wildman–Crippen LogP) is 1.85. The minimum Gasteiger partial charge on any atom is -0.379 e. The molecule has 1 saturated heterocycles. The fraction of sp³-hybridized carbons (Fsp3) is 0.538. The molecule has 2 fully saturated rings. The van der Waals surface area contributed by atoms with Crippen molar-refractivity contribution in [3.8, 4) is 0 Å². The Kier molecular flexibility index (Phi) is 2.45. The molecule has 1 saturated carbocycles. The van der Waals surface area contributed by atoms with Gasteiger partial charge in [0.1, 0.15) is 5.82 Å². The van der Waals surface area contributed by atoms with Gasteiger partial charge in [-0.15, -0.1) is 0 Å². The second-order valence-corrected chi connectivity index (χ2v) is 4.91. The highest BCUT2D eigenvalue weighted by molar-refractivity contribution is 5.30. The Morgan fingerprint density at radius 2 is 2.06 bits per heavy atom. The van der Waals surface area contributed by atoms with E-state index in [1.807, 2.05) is 12.1 Å². The Balaban J connectivity index is 1.80. The van der Waals surface area contributed by atoms with Crippen molar-refractivity contribution in [3.05, 3.63) is 35.6 Å². The van der Waals surface area contributed by atoms with Gasteiger partial charge in [-0.1, -0.05) is 18.2 Å². The van der Waals surface area contributed by atoms with E-state index in [2.05, 4.69) is 5.32 Å². The molecular formula is C13H16FNO. The molecule has 1 aromatic carbocycles. The van der Waals surface area contributed by atoms with E-state index >= 15 is 0 Å². The summed E-state index contributed by atoms with van der Waals surface area (Å²) in [6.07, 6.45) is 2.52. The lowest BCUT2D eigenvalue weighted by Crippen LogP contribution is -2.54. The van der Waals surface area contributed by atoms with Gasteiger partial charge in [0.2, 0.25) is 0 Å². The van der Waals surface area contributed by atoms with E-state index in [1.54, 1.807) is 6.07 Å². The van der Waals surface area contributed by atoms with Crippen LogP contribution in [0.1, 0.15) is 18.4 Å². The van der Waals surface area contributed by atoms with E-state index in [0.29, 0.717) is 19.3 Å². The minimum absolute atomic E-state index is 0.108. The van der Waals surface area contributed by atoms with Crippen LogP contribution in [-0.4, -0.2) is 25.8 Å². The van der Waals surface area contributed by atoms with Crippen LogP contribution in [0.25, 0.3) is 0 Å². The number of hydrogen-bond donors (Lipinski definition) is 1. The Hall–Kier alpha value is -0.930. The lowest BCUT2D eigenvalue weighted by atomic mass is 9.78. The zero-order valence-electron chi connectivity index (χ0n) is 9.21. The van der Waals surface area contributed by atoms with Crippen molar-refractivity contribution in [1.29, 1.82) is 0 Å². The first-order valence-electron chi connectivity index (χ1n) is 5.86. The number of hydrogen-bond acceptors (Lipinski definition) is 2. The molecule has 0 aromatic heterocycles. The third kappa shape index (κ3) is 1.74. The minimum atomic E-state index is -0.131. The Bertz CT molecular complexity index is 385. The van der Waals surface area contributed by atoms with Crippen LogP contribution in [0.3, 0.4) is 0 Å². The normalized spacial score (nSPS) is 22.8. The predicted molar refractivity (Wildman–Crippen MR) is 59.9 cm³/mol. The van der Waals surface area contributed by atoms with Gasteiger partial charge in [0.15, 0.2) is 0 Å². The second kappa shape index (κ2) is 3.82. The van der Waals surface area contributed by atoms with E-state index in [1.165, 1.54) is 18.9 Å². The third-order valence-corrected chi connectivity index (χ3v) is 3.51. The largest absolute Gasteiger partial charge is 0.379 e. The highest BCUT2D eigenvalue weighted by Gasteiger charge is 2.42. The van der Waals surface area contributed by atoms with Gasteiger partial charge in [0.05, 0.1) is 18.6 Å². The molecule has 0 atom stereocenters. The first-order chi connectivity index (χ1) is 7.80. The van der Waals surface area contributed by atoms with Crippen molar-refractivity contribution >= 4 is 0 Å². The van der Waals surface area contributed by atoms with Gasteiger partial charge in [-0.05, 0) is 24.5 Å². The van der Waals surface area contributed by atoms with Gasteiger partial charge < -0.3 is 10.1 Å². The van der Waals surface area contributed by atoms with E-state index < -0.39 is 0 Å². The molecule has 0 spiro atoms. The fourth-order valence-corrected chi connectivity index (χ4v) is 2.22. The molecule has 3 heteroatoms. The van der Waals surface area contributed by atoms with Crippen molar-refractivity contribution in [3.63, 3.8) is 0 Å². The molecule has 0 unspecified atom stereocenters. The van der Waals surface area contributed by atoms with Gasteiger partial charge in [-0.2, -0.15) is 0 Å². The zero-order valence-corrected chi connectivity index (χ0v) is 9.21. The highest BCUT2D eigenvalue weighted by Crippen LogP contribution is 2.34. The molecule has 1 aliphatic carbocycles. The maximum Gasteiger partial charge on any atom is 0.127 e. The van der Waals surface area contributed by atoms with Crippen LogP contribution in [0.4, 0.5) is 4.39 Å². The lowest BCUT2D eigenvalue weighted by Gasteiger charge is -2.42. The maximum absolute atomic E-state index is 13.8. The highest BCUT2D eigenvalue weighted by atomic mass is 19.1. The molecule has 1 aromatic rings. The third-order valence-electron chi connectivity index (χ3n) is 3.51. The van der Waals surface area contributed by atoms with Crippen molar-refractivity contribution in [2.45, 2.75) is 24.3 Å². The molecule has 2 aliphatic rings. The van der Waals surface area contributed by atoms with Crippen LogP contribution in [0.5, 0.6) is 0 Å². The first kappa shape index (κ1) is 10.2. The van der Waals surface area contributed by atoms with Crippen molar-refractivity contribution in [2.75, 3.05) is 19.8 Å². The summed E-state index contributed by atoms with van der Waals surface area (Å²) >= 11 is 0. The molecule has 2 nitrogen and oxygen atoms in total. The standard InChI is InChI=1S/C13H16FNO/c14-12-4-2-1-3-11(12)13(8-16-9-13)7-15-10-5-6-10/h1-4,10,15H,5-9H2. The molecule has 1 aliphatic heterocycles. The summed E-state index contributed by atoms with van der Waals surface area (Å²) in [5.41, 5.74) is 0.669. The zero-order chi connectivity index (χ0) is 11.0. The van der Waals surface area contributed by atoms with Crippen LogP contribution >= 0.6 is 0 Å². The fourth-order valence-electron chi connectivity index (χ4n) is 2.22. The Labute approximate surface area is 94.8 Å². The summed E-state index contributed by atoms with van der Waals surface area (Å²) in [7, 11) is 0. The molecule has 1 heterocycles. The summed E-state index contributed by atoms with van der Waals surface area (Å²) in [4.78, 5) is 0. The summed E-state index contributed by atoms with van der Waals surface area (Å²) in [5, 5.41) is 3.48. The molecule has 0 bridgehead atoms. The molecule has 0 amide bonds. The van der Waals surface area contributed by atoms with Gasteiger partial charge in [0, 0.05) is 12.6 Å². The van der Waals surface area contributed by atoms with E-state index in [9.17, 15) is 4.39 Å². The van der Waals surface area contributed by atoms with Gasteiger partial charge in [0.25, 0.3) is 0 Å². The van der Waals surface area contributed by atoms with Crippen LogP contribution in [0, 0.1) is 5.82 Å². The summed E-state index contributed by atoms with van der Waals surface area (Å²) < 4.78 is 19.1. The molecule has 16 heavy (non-hydrogen) atoms. The Morgan fingerprint density at radius 3 is 2.62 bits per heavy atom. The van der Waals surface area contributed by atoms with Crippen LogP contribution in [0.15, 0.2) is 24.3 Å². The molecule has 86 valence electrons. The quantitative estimate of drug-likeness (QED) is 0.837. The van der Waals surface area contributed by atoms with Crippen LogP contribution in [-0.2, 0) is 10.2 Å². The summed E-state index contributed by atoms with van der Waals surface area (Å²) in [5.74, 6) is -0.108. The number of nitrogens with one attached hydrogen (secondary N) is 1. The maximum atomic E-state index is 13.8. The van der Waals surface area contributed by atoms with Crippen molar-refractivity contribution in [2.24, 2.45) is 0 Å². The average Bonchev–Trinajstić information content (AvgIpc) is 3.02. The van der Waals surface area contributed by atoms with Crippen LogP contribution < -0.4 is 5.32 Å². The second-order valence-electron chi connectivity index (χ2n) is 4.91. The van der Waals surface area contributed by atoms with Gasteiger partial charge in [-0.3, -0.25) is 0 Å². The smallest absolute Gasteiger partial charge is 0.127 e. The molecule has 0 radical (unpaired) electrons. The number of ether oxygens (including phenoxy) is 1. The number of rotatable bonds is 4. The van der Waals surface area contributed by atoms with Gasteiger partial charge in [-0.25, -0.2) is 4.39 Å². The van der Waals surface area contributed by atoms with Crippen molar-refractivity contribution < 1.29 is 9.13 Å². The average molecular weight is 221 g/mol. The van der Waals surface area contributed by atoms with Crippen LogP contribution in [0.2, 0.25) is 0 Å². The Morgan fingerprint density at radius 1 is 1.31 bits per heavy atom. The lowest BCUT2D eigenvalue weighted by molar-refractivity contribution is -0.0607. The van der Waals surface area contributed by atoms with Gasteiger partial charge >= 0.3 is 0 Å². The topological polar surface area (TPSA) is 21.3 Å². The van der Waals surface area contributed by atoms with E-state index in [4.69, 9.17) is 4.74 Å². The molecule has 1 N–H and O–H groups in total. The summed E-state index contributed by atoms with van der Waals surface area (Å²) in [6.45, 7) is 2.10.